The lowest BCUT2D eigenvalue weighted by Gasteiger charge is -2.26. The number of hydrogen-bond donors (Lipinski definition) is 0. The first-order chi connectivity index (χ1) is 8.74. The first-order valence-electron chi connectivity index (χ1n) is 6.04. The van der Waals surface area contributed by atoms with E-state index >= 15 is 0 Å². The lowest BCUT2D eigenvalue weighted by Crippen LogP contribution is -2.37. The van der Waals surface area contributed by atoms with E-state index in [-0.39, 0.29) is 0 Å². The van der Waals surface area contributed by atoms with E-state index in [1.54, 1.807) is 4.68 Å². The number of furan rings is 1. The Bertz CT molecular complexity index is 540. The SMILES string of the molecule is Cc1ccc(-c2nc(N3CCOCC3)n(C)n2)o1. The summed E-state index contributed by atoms with van der Waals surface area (Å²) >= 11 is 0. The minimum absolute atomic E-state index is 0.632. The zero-order valence-electron chi connectivity index (χ0n) is 10.6. The van der Waals surface area contributed by atoms with Crippen molar-refractivity contribution >= 4 is 5.95 Å². The third-order valence-corrected chi connectivity index (χ3v) is 2.99. The molecule has 0 N–H and O–H groups in total. The van der Waals surface area contributed by atoms with Crippen molar-refractivity contribution < 1.29 is 9.15 Å². The van der Waals surface area contributed by atoms with Crippen molar-refractivity contribution in [3.63, 3.8) is 0 Å². The summed E-state index contributed by atoms with van der Waals surface area (Å²) in [5, 5.41) is 4.40. The van der Waals surface area contributed by atoms with Gasteiger partial charge in [-0.05, 0) is 19.1 Å². The Balaban J connectivity index is 1.90. The van der Waals surface area contributed by atoms with E-state index in [0.717, 1.165) is 38.0 Å². The molecular formula is C12H16N4O2. The molecular weight excluding hydrogens is 232 g/mol. The highest BCUT2D eigenvalue weighted by Gasteiger charge is 2.19. The molecule has 2 aromatic rings. The van der Waals surface area contributed by atoms with Crippen LogP contribution in [-0.4, -0.2) is 41.1 Å². The average Bonchev–Trinajstić information content (AvgIpc) is 2.97. The van der Waals surface area contributed by atoms with E-state index in [2.05, 4.69) is 15.0 Å². The first kappa shape index (κ1) is 11.3. The van der Waals surface area contributed by atoms with Crippen LogP contribution in [0.3, 0.4) is 0 Å². The highest BCUT2D eigenvalue weighted by Crippen LogP contribution is 2.21. The van der Waals surface area contributed by atoms with Crippen LogP contribution < -0.4 is 4.90 Å². The summed E-state index contributed by atoms with van der Waals surface area (Å²) in [6, 6.07) is 3.81. The van der Waals surface area contributed by atoms with Crippen molar-refractivity contribution in [3.05, 3.63) is 17.9 Å². The molecule has 1 fully saturated rings. The summed E-state index contributed by atoms with van der Waals surface area (Å²) in [5.74, 6) is 3.07. The number of morpholine rings is 1. The molecule has 3 heterocycles. The summed E-state index contributed by atoms with van der Waals surface area (Å²) in [6.07, 6.45) is 0. The Hall–Kier alpha value is -1.82. The van der Waals surface area contributed by atoms with Crippen molar-refractivity contribution in [2.24, 2.45) is 7.05 Å². The Morgan fingerprint density at radius 1 is 1.22 bits per heavy atom. The van der Waals surface area contributed by atoms with Gasteiger partial charge in [0.15, 0.2) is 5.76 Å². The van der Waals surface area contributed by atoms with Crippen molar-refractivity contribution in [2.45, 2.75) is 6.92 Å². The Kier molecular flexibility index (Phi) is 2.79. The van der Waals surface area contributed by atoms with Gasteiger partial charge in [-0.2, -0.15) is 4.98 Å². The Morgan fingerprint density at radius 2 is 2.00 bits per heavy atom. The van der Waals surface area contributed by atoms with E-state index in [0.29, 0.717) is 11.6 Å². The Morgan fingerprint density at radius 3 is 2.67 bits per heavy atom. The number of anilines is 1. The lowest BCUT2D eigenvalue weighted by atomic mass is 10.4. The molecule has 0 atom stereocenters. The van der Waals surface area contributed by atoms with Gasteiger partial charge in [-0.15, -0.1) is 5.10 Å². The van der Waals surface area contributed by atoms with Crippen molar-refractivity contribution in [2.75, 3.05) is 31.2 Å². The topological polar surface area (TPSA) is 56.3 Å². The quantitative estimate of drug-likeness (QED) is 0.799. The zero-order chi connectivity index (χ0) is 12.5. The van der Waals surface area contributed by atoms with Crippen LogP contribution in [0.5, 0.6) is 0 Å². The Labute approximate surface area is 105 Å². The van der Waals surface area contributed by atoms with Gasteiger partial charge in [0.1, 0.15) is 5.76 Å². The van der Waals surface area contributed by atoms with E-state index in [1.165, 1.54) is 0 Å². The second-order valence-electron chi connectivity index (χ2n) is 4.37. The molecule has 6 heteroatoms. The van der Waals surface area contributed by atoms with E-state index < -0.39 is 0 Å². The number of nitrogens with zero attached hydrogens (tertiary/aromatic N) is 4. The molecule has 96 valence electrons. The molecule has 0 aliphatic carbocycles. The van der Waals surface area contributed by atoms with Crippen LogP contribution in [-0.2, 0) is 11.8 Å². The van der Waals surface area contributed by atoms with Gasteiger partial charge in [0.05, 0.1) is 13.2 Å². The predicted molar refractivity (Wildman–Crippen MR) is 66.5 cm³/mol. The summed E-state index contributed by atoms with van der Waals surface area (Å²) in [4.78, 5) is 6.72. The number of hydrogen-bond acceptors (Lipinski definition) is 5. The predicted octanol–water partition coefficient (Wildman–Crippen LogP) is 1.22. The lowest BCUT2D eigenvalue weighted by molar-refractivity contribution is 0.121. The fourth-order valence-corrected chi connectivity index (χ4v) is 2.07. The molecule has 0 aromatic carbocycles. The fourth-order valence-electron chi connectivity index (χ4n) is 2.07. The molecule has 0 unspecified atom stereocenters. The molecule has 0 bridgehead atoms. The van der Waals surface area contributed by atoms with Gasteiger partial charge in [0.2, 0.25) is 11.8 Å². The van der Waals surface area contributed by atoms with Crippen molar-refractivity contribution in [1.82, 2.24) is 14.8 Å². The molecule has 0 radical (unpaired) electrons. The van der Waals surface area contributed by atoms with Gasteiger partial charge >= 0.3 is 0 Å². The molecule has 0 saturated carbocycles. The summed E-state index contributed by atoms with van der Waals surface area (Å²) in [7, 11) is 1.90. The molecule has 0 spiro atoms. The average molecular weight is 248 g/mol. The number of ether oxygens (including phenoxy) is 1. The molecule has 18 heavy (non-hydrogen) atoms. The summed E-state index contributed by atoms with van der Waals surface area (Å²) in [5.41, 5.74) is 0. The number of aromatic nitrogens is 3. The monoisotopic (exact) mass is 248 g/mol. The largest absolute Gasteiger partial charge is 0.458 e. The van der Waals surface area contributed by atoms with E-state index in [4.69, 9.17) is 9.15 Å². The standard InChI is InChI=1S/C12H16N4O2/c1-9-3-4-10(18-9)11-13-12(15(2)14-11)16-5-7-17-8-6-16/h3-4H,5-8H2,1-2H3. The maximum Gasteiger partial charge on any atom is 0.224 e. The van der Waals surface area contributed by atoms with Gasteiger partial charge in [-0.3, -0.25) is 0 Å². The smallest absolute Gasteiger partial charge is 0.224 e. The molecule has 2 aromatic heterocycles. The third kappa shape index (κ3) is 1.99. The summed E-state index contributed by atoms with van der Waals surface area (Å²) in [6.45, 7) is 5.09. The summed E-state index contributed by atoms with van der Waals surface area (Å²) < 4.78 is 12.7. The van der Waals surface area contributed by atoms with Gasteiger partial charge in [0.25, 0.3) is 0 Å². The van der Waals surface area contributed by atoms with Gasteiger partial charge in [0, 0.05) is 20.1 Å². The van der Waals surface area contributed by atoms with Crippen LogP contribution in [0.15, 0.2) is 16.5 Å². The van der Waals surface area contributed by atoms with Gasteiger partial charge in [-0.1, -0.05) is 0 Å². The minimum atomic E-state index is 0.632. The van der Waals surface area contributed by atoms with Gasteiger partial charge < -0.3 is 14.1 Å². The van der Waals surface area contributed by atoms with Crippen molar-refractivity contribution in [3.8, 4) is 11.6 Å². The van der Waals surface area contributed by atoms with Crippen LogP contribution in [0.2, 0.25) is 0 Å². The molecule has 3 rings (SSSR count). The number of aryl methyl sites for hydroxylation is 2. The zero-order valence-corrected chi connectivity index (χ0v) is 10.6. The molecule has 6 nitrogen and oxygen atoms in total. The maximum absolute atomic E-state index is 5.54. The van der Waals surface area contributed by atoms with Crippen LogP contribution in [0.25, 0.3) is 11.6 Å². The minimum Gasteiger partial charge on any atom is -0.458 e. The normalized spacial score (nSPS) is 16.2. The molecule has 1 aliphatic heterocycles. The van der Waals surface area contributed by atoms with Gasteiger partial charge in [-0.25, -0.2) is 4.68 Å². The van der Waals surface area contributed by atoms with Crippen LogP contribution in [0.1, 0.15) is 5.76 Å². The maximum atomic E-state index is 5.54. The van der Waals surface area contributed by atoms with Crippen molar-refractivity contribution in [1.29, 1.82) is 0 Å². The second-order valence-corrected chi connectivity index (χ2v) is 4.37. The highest BCUT2D eigenvalue weighted by molar-refractivity contribution is 5.50. The highest BCUT2D eigenvalue weighted by atomic mass is 16.5. The van der Waals surface area contributed by atoms with E-state index in [1.807, 2.05) is 26.1 Å². The van der Waals surface area contributed by atoms with E-state index in [9.17, 15) is 0 Å². The van der Waals surface area contributed by atoms with Crippen LogP contribution in [0.4, 0.5) is 5.95 Å². The molecule has 0 amide bonds. The third-order valence-electron chi connectivity index (χ3n) is 2.99. The molecule has 1 saturated heterocycles. The first-order valence-corrected chi connectivity index (χ1v) is 6.04. The second kappa shape index (κ2) is 4.45. The van der Waals surface area contributed by atoms with Crippen LogP contribution >= 0.6 is 0 Å². The molecule has 1 aliphatic rings. The van der Waals surface area contributed by atoms with Crippen LogP contribution in [0, 0.1) is 6.92 Å². The number of rotatable bonds is 2. The fraction of sp³-hybridized carbons (Fsp3) is 0.500.